The van der Waals surface area contributed by atoms with Crippen molar-refractivity contribution in [2.45, 2.75) is 5.75 Å². The number of rotatable bonds is 7. The molecular formula is C15H16FNO3S. The molecule has 0 saturated heterocycles. The lowest BCUT2D eigenvalue weighted by molar-refractivity contribution is 0.323. The van der Waals surface area contributed by atoms with Crippen LogP contribution in [0.5, 0.6) is 5.75 Å². The lowest BCUT2D eigenvalue weighted by Gasteiger charge is -2.08. The predicted octanol–water partition coefficient (Wildman–Crippen LogP) is 2.32. The van der Waals surface area contributed by atoms with Gasteiger partial charge in [0.2, 0.25) is 10.0 Å². The summed E-state index contributed by atoms with van der Waals surface area (Å²) >= 11 is 0. The van der Waals surface area contributed by atoms with Crippen LogP contribution in [0.25, 0.3) is 0 Å². The van der Waals surface area contributed by atoms with Crippen LogP contribution in [0.4, 0.5) is 4.39 Å². The standard InChI is InChI=1S/C15H16FNO3S/c16-14-8-6-13(7-9-14)12-21(18,19)17-10-11-20-15-4-2-1-3-5-15/h1-9,17H,10-12H2. The lowest BCUT2D eigenvalue weighted by Crippen LogP contribution is -2.29. The molecule has 0 bridgehead atoms. The molecule has 0 unspecified atom stereocenters. The van der Waals surface area contributed by atoms with Gasteiger partial charge in [-0.2, -0.15) is 0 Å². The molecule has 0 saturated carbocycles. The minimum absolute atomic E-state index is 0.179. The van der Waals surface area contributed by atoms with Crippen molar-refractivity contribution in [1.29, 1.82) is 0 Å². The van der Waals surface area contributed by atoms with Crippen molar-refractivity contribution in [2.24, 2.45) is 0 Å². The first-order valence-corrected chi connectivity index (χ1v) is 8.10. The summed E-state index contributed by atoms with van der Waals surface area (Å²) in [5.74, 6) is 0.120. The van der Waals surface area contributed by atoms with E-state index in [0.717, 1.165) is 0 Å². The molecule has 1 N–H and O–H groups in total. The van der Waals surface area contributed by atoms with Gasteiger partial charge < -0.3 is 4.74 Å². The molecule has 6 heteroatoms. The van der Waals surface area contributed by atoms with Crippen molar-refractivity contribution in [3.63, 3.8) is 0 Å². The summed E-state index contributed by atoms with van der Waals surface area (Å²) in [4.78, 5) is 0. The maximum Gasteiger partial charge on any atom is 0.215 e. The average molecular weight is 309 g/mol. The Balaban J connectivity index is 1.77. The molecule has 0 aromatic heterocycles. The molecule has 0 aliphatic rings. The van der Waals surface area contributed by atoms with E-state index in [4.69, 9.17) is 4.74 Å². The van der Waals surface area contributed by atoms with Gasteiger partial charge in [0.15, 0.2) is 0 Å². The smallest absolute Gasteiger partial charge is 0.215 e. The zero-order valence-electron chi connectivity index (χ0n) is 11.3. The van der Waals surface area contributed by atoms with Gasteiger partial charge in [-0.15, -0.1) is 0 Å². The minimum atomic E-state index is -3.45. The van der Waals surface area contributed by atoms with Crippen LogP contribution >= 0.6 is 0 Å². The molecule has 0 amide bonds. The van der Waals surface area contributed by atoms with Gasteiger partial charge in [0, 0.05) is 6.54 Å². The van der Waals surface area contributed by atoms with E-state index in [1.165, 1.54) is 24.3 Å². The van der Waals surface area contributed by atoms with Crippen LogP contribution in [0, 0.1) is 5.82 Å². The topological polar surface area (TPSA) is 55.4 Å². The van der Waals surface area contributed by atoms with E-state index in [-0.39, 0.29) is 24.7 Å². The Morgan fingerprint density at radius 1 is 1.00 bits per heavy atom. The number of hydrogen-bond acceptors (Lipinski definition) is 3. The van der Waals surface area contributed by atoms with Crippen LogP contribution in [-0.2, 0) is 15.8 Å². The number of halogens is 1. The summed E-state index contributed by atoms with van der Waals surface area (Å²) < 4.78 is 44.3. The summed E-state index contributed by atoms with van der Waals surface area (Å²) in [5.41, 5.74) is 0.535. The highest BCUT2D eigenvalue weighted by Gasteiger charge is 2.10. The number of para-hydroxylation sites is 1. The van der Waals surface area contributed by atoms with Crippen LogP contribution in [0.15, 0.2) is 54.6 Å². The maximum absolute atomic E-state index is 12.7. The van der Waals surface area contributed by atoms with Gasteiger partial charge in [0.25, 0.3) is 0 Å². The molecule has 0 fully saturated rings. The van der Waals surface area contributed by atoms with E-state index in [9.17, 15) is 12.8 Å². The van der Waals surface area contributed by atoms with Gasteiger partial charge in [-0.3, -0.25) is 0 Å². The monoisotopic (exact) mass is 309 g/mol. The van der Waals surface area contributed by atoms with E-state index in [1.807, 2.05) is 18.2 Å². The number of ether oxygens (including phenoxy) is 1. The third-order valence-electron chi connectivity index (χ3n) is 2.71. The van der Waals surface area contributed by atoms with Crippen LogP contribution in [0.2, 0.25) is 0 Å². The first kappa shape index (κ1) is 15.5. The molecule has 4 nitrogen and oxygen atoms in total. The second-order valence-electron chi connectivity index (χ2n) is 4.44. The first-order valence-electron chi connectivity index (χ1n) is 6.45. The molecule has 0 aliphatic carbocycles. The second-order valence-corrected chi connectivity index (χ2v) is 6.25. The Bertz CT molecular complexity index is 657. The van der Waals surface area contributed by atoms with Crippen LogP contribution in [-0.4, -0.2) is 21.6 Å². The van der Waals surface area contributed by atoms with Crippen molar-refractivity contribution < 1.29 is 17.5 Å². The number of nitrogens with one attached hydrogen (secondary N) is 1. The van der Waals surface area contributed by atoms with E-state index >= 15 is 0 Å². The highest BCUT2D eigenvalue weighted by molar-refractivity contribution is 7.88. The average Bonchev–Trinajstić information content (AvgIpc) is 2.47. The summed E-state index contributed by atoms with van der Waals surface area (Å²) in [5, 5.41) is 0. The summed E-state index contributed by atoms with van der Waals surface area (Å²) in [7, 11) is -3.45. The number of hydrogen-bond donors (Lipinski definition) is 1. The molecule has 0 heterocycles. The van der Waals surface area contributed by atoms with Crippen LogP contribution in [0.3, 0.4) is 0 Å². The summed E-state index contributed by atoms with van der Waals surface area (Å²) in [6.07, 6.45) is 0. The van der Waals surface area contributed by atoms with Gasteiger partial charge in [-0.25, -0.2) is 17.5 Å². The van der Waals surface area contributed by atoms with Gasteiger partial charge in [0.1, 0.15) is 18.2 Å². The highest BCUT2D eigenvalue weighted by atomic mass is 32.2. The van der Waals surface area contributed by atoms with E-state index in [1.54, 1.807) is 12.1 Å². The molecular weight excluding hydrogens is 293 g/mol. The Kier molecular flexibility index (Phi) is 5.30. The lowest BCUT2D eigenvalue weighted by atomic mass is 10.2. The molecule has 0 aliphatic heterocycles. The maximum atomic E-state index is 12.7. The minimum Gasteiger partial charge on any atom is -0.492 e. The zero-order valence-corrected chi connectivity index (χ0v) is 12.1. The zero-order chi connectivity index (χ0) is 15.1. The molecule has 2 aromatic carbocycles. The quantitative estimate of drug-likeness (QED) is 0.799. The molecule has 0 spiro atoms. The Labute approximate surface area is 123 Å². The van der Waals surface area contributed by atoms with Crippen LogP contribution in [0.1, 0.15) is 5.56 Å². The number of sulfonamides is 1. The van der Waals surface area contributed by atoms with Crippen molar-refractivity contribution in [1.82, 2.24) is 4.72 Å². The highest BCUT2D eigenvalue weighted by Crippen LogP contribution is 2.08. The molecule has 21 heavy (non-hydrogen) atoms. The SMILES string of the molecule is O=S(=O)(Cc1ccc(F)cc1)NCCOc1ccccc1. The van der Waals surface area contributed by atoms with Crippen molar-refractivity contribution in [3.05, 3.63) is 66.0 Å². The number of benzene rings is 2. The van der Waals surface area contributed by atoms with E-state index < -0.39 is 10.0 Å². The second kappa shape index (κ2) is 7.19. The van der Waals surface area contributed by atoms with E-state index in [2.05, 4.69) is 4.72 Å². The summed E-state index contributed by atoms with van der Waals surface area (Å²) in [6.45, 7) is 0.422. The fraction of sp³-hybridized carbons (Fsp3) is 0.200. The summed E-state index contributed by atoms with van der Waals surface area (Å²) in [6, 6.07) is 14.5. The largest absolute Gasteiger partial charge is 0.492 e. The first-order chi connectivity index (χ1) is 10.1. The molecule has 0 radical (unpaired) electrons. The fourth-order valence-corrected chi connectivity index (χ4v) is 2.86. The Morgan fingerprint density at radius 2 is 1.67 bits per heavy atom. The van der Waals surface area contributed by atoms with Gasteiger partial charge in [-0.1, -0.05) is 30.3 Å². The van der Waals surface area contributed by atoms with Crippen molar-refractivity contribution >= 4 is 10.0 Å². The fourth-order valence-electron chi connectivity index (χ4n) is 1.73. The predicted molar refractivity (Wildman–Crippen MR) is 79.0 cm³/mol. The normalized spacial score (nSPS) is 11.3. The van der Waals surface area contributed by atoms with E-state index in [0.29, 0.717) is 11.3 Å². The molecule has 0 atom stereocenters. The van der Waals surface area contributed by atoms with Crippen LogP contribution < -0.4 is 9.46 Å². The molecule has 2 aromatic rings. The third-order valence-corrected chi connectivity index (χ3v) is 4.06. The Morgan fingerprint density at radius 3 is 2.33 bits per heavy atom. The van der Waals surface area contributed by atoms with Crippen molar-refractivity contribution in [3.8, 4) is 5.75 Å². The van der Waals surface area contributed by atoms with Gasteiger partial charge >= 0.3 is 0 Å². The molecule has 112 valence electrons. The van der Waals surface area contributed by atoms with Gasteiger partial charge in [-0.05, 0) is 29.8 Å². The van der Waals surface area contributed by atoms with Gasteiger partial charge in [0.05, 0.1) is 5.75 Å². The third kappa shape index (κ3) is 5.53. The molecule has 2 rings (SSSR count). The van der Waals surface area contributed by atoms with Crippen molar-refractivity contribution in [2.75, 3.05) is 13.2 Å². The Hall–Kier alpha value is -1.92.